The number of rotatable bonds is 4. The van der Waals surface area contributed by atoms with Crippen LogP contribution < -0.4 is 0 Å². The Balaban J connectivity index is 1.97. The van der Waals surface area contributed by atoms with Gasteiger partial charge in [0.05, 0.1) is 12.5 Å². The Morgan fingerprint density at radius 2 is 2.12 bits per heavy atom. The minimum atomic E-state index is 0.0129. The first-order valence-corrected chi connectivity index (χ1v) is 6.69. The molecule has 0 aromatic rings. The van der Waals surface area contributed by atoms with Crippen molar-refractivity contribution in [2.24, 2.45) is 29.1 Å². The zero-order valence-corrected chi connectivity index (χ0v) is 11.0. The van der Waals surface area contributed by atoms with E-state index >= 15 is 0 Å². The van der Waals surface area contributed by atoms with Gasteiger partial charge in [-0.05, 0) is 49.4 Å². The summed E-state index contributed by atoms with van der Waals surface area (Å²) >= 11 is 0. The molecule has 92 valence electrons. The topological polar surface area (TPSA) is 26.3 Å². The van der Waals surface area contributed by atoms with E-state index in [9.17, 15) is 4.79 Å². The molecule has 2 nitrogen and oxygen atoms in total. The molecule has 2 saturated carbocycles. The average Bonchev–Trinajstić information content (AvgIpc) is 2.86. The van der Waals surface area contributed by atoms with Gasteiger partial charge in [0.1, 0.15) is 0 Å². The van der Waals surface area contributed by atoms with E-state index in [2.05, 4.69) is 20.8 Å². The van der Waals surface area contributed by atoms with Crippen LogP contribution in [0.25, 0.3) is 0 Å². The number of ether oxygens (including phenoxy) is 1. The summed E-state index contributed by atoms with van der Waals surface area (Å²) in [6.07, 6.45) is 3.89. The number of esters is 1. The van der Waals surface area contributed by atoms with Gasteiger partial charge in [-0.25, -0.2) is 0 Å². The van der Waals surface area contributed by atoms with E-state index in [1.807, 2.05) is 6.92 Å². The number of fused-ring (bicyclic) bond motifs is 1. The molecule has 0 aliphatic heterocycles. The molecule has 2 aliphatic carbocycles. The van der Waals surface area contributed by atoms with Gasteiger partial charge in [-0.15, -0.1) is 0 Å². The normalized spacial score (nSPS) is 38.3. The molecule has 0 N–H and O–H groups in total. The summed E-state index contributed by atoms with van der Waals surface area (Å²) in [4.78, 5) is 11.7. The third kappa shape index (κ3) is 1.66. The Bertz CT molecular complexity index is 284. The standard InChI is InChI=1S/C14H24O2/c1-5-16-13(15)10(4)11-6-7-14(9(2)3)8-12(11)14/h9-12H,5-8H2,1-4H3. The lowest BCUT2D eigenvalue weighted by atomic mass is 9.88. The molecule has 0 amide bonds. The van der Waals surface area contributed by atoms with Gasteiger partial charge in [-0.2, -0.15) is 0 Å². The lowest BCUT2D eigenvalue weighted by molar-refractivity contribution is -0.149. The first-order valence-electron chi connectivity index (χ1n) is 6.69. The van der Waals surface area contributed by atoms with Crippen molar-refractivity contribution in [1.82, 2.24) is 0 Å². The van der Waals surface area contributed by atoms with Crippen molar-refractivity contribution in [3.63, 3.8) is 0 Å². The molecule has 0 heterocycles. The summed E-state index contributed by atoms with van der Waals surface area (Å²) in [5, 5.41) is 0. The first kappa shape index (κ1) is 11.9. The third-order valence-electron chi connectivity index (χ3n) is 5.09. The zero-order valence-electron chi connectivity index (χ0n) is 11.0. The van der Waals surface area contributed by atoms with E-state index in [0.717, 1.165) is 11.8 Å². The fraction of sp³-hybridized carbons (Fsp3) is 0.929. The van der Waals surface area contributed by atoms with Crippen LogP contribution in [0.5, 0.6) is 0 Å². The van der Waals surface area contributed by atoms with Crippen LogP contribution in [0.4, 0.5) is 0 Å². The van der Waals surface area contributed by atoms with E-state index in [1.165, 1.54) is 19.3 Å². The molecule has 2 fully saturated rings. The van der Waals surface area contributed by atoms with Crippen LogP contribution in [0.2, 0.25) is 0 Å². The highest BCUT2D eigenvalue weighted by Gasteiger charge is 2.63. The highest BCUT2D eigenvalue weighted by molar-refractivity contribution is 5.72. The molecule has 0 spiro atoms. The van der Waals surface area contributed by atoms with E-state index in [1.54, 1.807) is 0 Å². The van der Waals surface area contributed by atoms with Gasteiger partial charge < -0.3 is 4.74 Å². The molecule has 4 unspecified atom stereocenters. The predicted octanol–water partition coefficient (Wildman–Crippen LogP) is 3.26. The summed E-state index contributed by atoms with van der Waals surface area (Å²) in [5.74, 6) is 2.28. The van der Waals surface area contributed by atoms with Gasteiger partial charge in [-0.1, -0.05) is 20.8 Å². The van der Waals surface area contributed by atoms with Crippen molar-refractivity contribution < 1.29 is 9.53 Å². The average molecular weight is 224 g/mol. The van der Waals surface area contributed by atoms with Gasteiger partial charge in [0.25, 0.3) is 0 Å². The van der Waals surface area contributed by atoms with Crippen LogP contribution in [0.1, 0.15) is 47.0 Å². The summed E-state index contributed by atoms with van der Waals surface area (Å²) in [6, 6.07) is 0. The predicted molar refractivity (Wildman–Crippen MR) is 63.9 cm³/mol. The molecule has 0 bridgehead atoms. The second-order valence-electron chi connectivity index (χ2n) is 5.94. The van der Waals surface area contributed by atoms with Crippen molar-refractivity contribution in [3.05, 3.63) is 0 Å². The van der Waals surface area contributed by atoms with Crippen LogP contribution in [0.3, 0.4) is 0 Å². The molecule has 2 aliphatic rings. The van der Waals surface area contributed by atoms with Crippen molar-refractivity contribution in [3.8, 4) is 0 Å². The molecule has 0 saturated heterocycles. The molecular formula is C14H24O2. The molecule has 16 heavy (non-hydrogen) atoms. The van der Waals surface area contributed by atoms with E-state index in [4.69, 9.17) is 4.74 Å². The van der Waals surface area contributed by atoms with E-state index in [-0.39, 0.29) is 11.9 Å². The second-order valence-corrected chi connectivity index (χ2v) is 5.94. The van der Waals surface area contributed by atoms with Gasteiger partial charge in [0.15, 0.2) is 0 Å². The maximum absolute atomic E-state index is 11.7. The number of carbonyl (C=O) groups is 1. The van der Waals surface area contributed by atoms with Crippen LogP contribution >= 0.6 is 0 Å². The monoisotopic (exact) mass is 224 g/mol. The van der Waals surface area contributed by atoms with Crippen molar-refractivity contribution in [2.75, 3.05) is 6.61 Å². The zero-order chi connectivity index (χ0) is 11.9. The molecule has 4 atom stereocenters. The Kier molecular flexibility index (Phi) is 3.02. The number of carbonyl (C=O) groups excluding carboxylic acids is 1. The van der Waals surface area contributed by atoms with E-state index < -0.39 is 0 Å². The Morgan fingerprint density at radius 3 is 2.56 bits per heavy atom. The van der Waals surface area contributed by atoms with Crippen molar-refractivity contribution in [2.45, 2.75) is 47.0 Å². The van der Waals surface area contributed by atoms with E-state index in [0.29, 0.717) is 17.9 Å². The molecular weight excluding hydrogens is 200 g/mol. The SMILES string of the molecule is CCOC(=O)C(C)C1CCC2(C(C)C)CC12. The lowest BCUT2D eigenvalue weighted by Gasteiger charge is -2.18. The summed E-state index contributed by atoms with van der Waals surface area (Å²) < 4.78 is 5.14. The van der Waals surface area contributed by atoms with Gasteiger partial charge >= 0.3 is 5.97 Å². The molecule has 0 radical (unpaired) electrons. The second kappa shape index (κ2) is 4.05. The van der Waals surface area contributed by atoms with Gasteiger partial charge in [0.2, 0.25) is 0 Å². The Labute approximate surface area is 98.7 Å². The fourth-order valence-corrected chi connectivity index (χ4v) is 3.85. The van der Waals surface area contributed by atoms with Crippen molar-refractivity contribution in [1.29, 1.82) is 0 Å². The number of hydrogen-bond acceptors (Lipinski definition) is 2. The van der Waals surface area contributed by atoms with Crippen molar-refractivity contribution >= 4 is 5.97 Å². The number of hydrogen-bond donors (Lipinski definition) is 0. The molecule has 2 rings (SSSR count). The Hall–Kier alpha value is -0.530. The minimum absolute atomic E-state index is 0.0129. The highest BCUT2D eigenvalue weighted by atomic mass is 16.5. The summed E-state index contributed by atoms with van der Waals surface area (Å²) in [5.41, 5.74) is 0.589. The largest absolute Gasteiger partial charge is 0.466 e. The Morgan fingerprint density at radius 1 is 1.44 bits per heavy atom. The summed E-state index contributed by atoms with van der Waals surface area (Å²) in [7, 11) is 0. The van der Waals surface area contributed by atoms with Gasteiger partial charge in [0, 0.05) is 0 Å². The highest BCUT2D eigenvalue weighted by Crippen LogP contribution is 2.70. The maximum Gasteiger partial charge on any atom is 0.308 e. The molecule has 2 heteroatoms. The van der Waals surface area contributed by atoms with Gasteiger partial charge in [-0.3, -0.25) is 4.79 Å². The van der Waals surface area contributed by atoms with Crippen LogP contribution in [0, 0.1) is 29.1 Å². The van der Waals surface area contributed by atoms with Crippen LogP contribution in [-0.2, 0) is 9.53 Å². The smallest absolute Gasteiger partial charge is 0.308 e. The molecule has 0 aromatic heterocycles. The molecule has 0 aromatic carbocycles. The lowest BCUT2D eigenvalue weighted by Crippen LogP contribution is -2.23. The van der Waals surface area contributed by atoms with Crippen LogP contribution in [0.15, 0.2) is 0 Å². The third-order valence-corrected chi connectivity index (χ3v) is 5.09. The quantitative estimate of drug-likeness (QED) is 0.685. The fourth-order valence-electron chi connectivity index (χ4n) is 3.85. The first-order chi connectivity index (χ1) is 7.53. The summed E-state index contributed by atoms with van der Waals surface area (Å²) in [6.45, 7) is 9.11. The minimum Gasteiger partial charge on any atom is -0.466 e. The van der Waals surface area contributed by atoms with Crippen LogP contribution in [-0.4, -0.2) is 12.6 Å². The maximum atomic E-state index is 11.7.